The van der Waals surface area contributed by atoms with E-state index >= 15 is 0 Å². The van der Waals surface area contributed by atoms with Crippen LogP contribution in [0, 0.1) is 0 Å². The van der Waals surface area contributed by atoms with Gasteiger partial charge in [0.25, 0.3) is 0 Å². The second-order valence-electron chi connectivity index (χ2n) is 4.20. The Balaban J connectivity index is 2.41. The van der Waals surface area contributed by atoms with Crippen molar-refractivity contribution in [1.82, 2.24) is 4.98 Å². The number of aliphatic hydroxyl groups excluding tert-OH is 1. The van der Waals surface area contributed by atoms with Crippen LogP contribution in [0.5, 0.6) is 11.5 Å². The Hall–Kier alpha value is -1.59. The van der Waals surface area contributed by atoms with E-state index in [2.05, 4.69) is 11.9 Å². The smallest absolute Gasteiger partial charge is 0.161 e. The lowest BCUT2D eigenvalue weighted by Crippen LogP contribution is -1.95. The molecular formula is C15H19NO3S. The molecule has 1 aromatic carbocycles. The highest BCUT2D eigenvalue weighted by molar-refractivity contribution is 7.15. The molecule has 1 aromatic heterocycles. The van der Waals surface area contributed by atoms with Crippen molar-refractivity contribution in [2.45, 2.75) is 26.9 Å². The molecule has 0 unspecified atom stereocenters. The number of hydrogen-bond acceptors (Lipinski definition) is 5. The van der Waals surface area contributed by atoms with Crippen LogP contribution in [-0.2, 0) is 13.0 Å². The molecule has 0 radical (unpaired) electrons. The highest BCUT2D eigenvalue weighted by Gasteiger charge is 2.13. The normalized spacial score (nSPS) is 10.6. The minimum absolute atomic E-state index is 0.0197. The molecule has 0 aliphatic rings. The summed E-state index contributed by atoms with van der Waals surface area (Å²) in [5.41, 5.74) is 1.75. The zero-order valence-electron chi connectivity index (χ0n) is 12.0. The Morgan fingerprint density at radius 2 is 2.05 bits per heavy atom. The maximum atomic E-state index is 9.33. The molecule has 108 valence electrons. The second kappa shape index (κ2) is 6.72. The zero-order chi connectivity index (χ0) is 14.5. The number of aryl methyl sites for hydroxylation is 1. The van der Waals surface area contributed by atoms with Crippen molar-refractivity contribution < 1.29 is 14.6 Å². The molecular weight excluding hydrogens is 274 g/mol. The van der Waals surface area contributed by atoms with Crippen molar-refractivity contribution in [3.8, 4) is 22.1 Å². The number of nitrogens with zero attached hydrogens (tertiary/aromatic N) is 1. The van der Waals surface area contributed by atoms with E-state index in [1.165, 1.54) is 0 Å². The van der Waals surface area contributed by atoms with Crippen LogP contribution >= 0.6 is 11.3 Å². The second-order valence-corrected chi connectivity index (χ2v) is 5.28. The largest absolute Gasteiger partial charge is 0.493 e. The number of methoxy groups -OCH3 is 1. The minimum atomic E-state index is -0.0197. The topological polar surface area (TPSA) is 51.6 Å². The van der Waals surface area contributed by atoms with Crippen LogP contribution in [0.4, 0.5) is 0 Å². The van der Waals surface area contributed by atoms with E-state index < -0.39 is 0 Å². The monoisotopic (exact) mass is 293 g/mol. The van der Waals surface area contributed by atoms with Gasteiger partial charge in [-0.25, -0.2) is 4.98 Å². The van der Waals surface area contributed by atoms with Gasteiger partial charge in [0, 0.05) is 10.4 Å². The Kier molecular flexibility index (Phi) is 4.98. The fourth-order valence-corrected chi connectivity index (χ4v) is 2.99. The summed E-state index contributed by atoms with van der Waals surface area (Å²) >= 11 is 1.61. The van der Waals surface area contributed by atoms with Gasteiger partial charge in [0.1, 0.15) is 5.01 Å². The lowest BCUT2D eigenvalue weighted by molar-refractivity contribution is 0.276. The molecule has 0 saturated carbocycles. The number of aliphatic hydroxyl groups is 1. The van der Waals surface area contributed by atoms with Gasteiger partial charge in [-0.05, 0) is 31.5 Å². The third-order valence-electron chi connectivity index (χ3n) is 2.96. The van der Waals surface area contributed by atoms with Gasteiger partial charge >= 0.3 is 0 Å². The quantitative estimate of drug-likeness (QED) is 0.888. The molecule has 0 atom stereocenters. The lowest BCUT2D eigenvalue weighted by atomic mass is 10.2. The Bertz CT molecular complexity index is 559. The van der Waals surface area contributed by atoms with E-state index in [0.717, 1.165) is 27.6 Å². The van der Waals surface area contributed by atoms with Crippen molar-refractivity contribution >= 4 is 11.3 Å². The van der Waals surface area contributed by atoms with Crippen molar-refractivity contribution in [3.05, 3.63) is 28.8 Å². The van der Waals surface area contributed by atoms with Crippen LogP contribution in [0.2, 0.25) is 0 Å². The van der Waals surface area contributed by atoms with Gasteiger partial charge < -0.3 is 14.6 Å². The predicted octanol–water partition coefficient (Wildman–Crippen LogP) is 3.27. The van der Waals surface area contributed by atoms with E-state index in [4.69, 9.17) is 9.47 Å². The SMILES string of the molecule is CCOc1cc(-c2nc(CO)c(CC)s2)ccc1OC. The summed E-state index contributed by atoms with van der Waals surface area (Å²) in [5, 5.41) is 10.2. The number of rotatable bonds is 6. The van der Waals surface area contributed by atoms with Crippen molar-refractivity contribution in [1.29, 1.82) is 0 Å². The van der Waals surface area contributed by atoms with Gasteiger partial charge in [0.15, 0.2) is 11.5 Å². The molecule has 1 heterocycles. The van der Waals surface area contributed by atoms with Gasteiger partial charge in [0.05, 0.1) is 26.0 Å². The van der Waals surface area contributed by atoms with Gasteiger partial charge in [0.2, 0.25) is 0 Å². The van der Waals surface area contributed by atoms with Crippen molar-refractivity contribution in [2.75, 3.05) is 13.7 Å². The van der Waals surface area contributed by atoms with Crippen molar-refractivity contribution in [3.63, 3.8) is 0 Å². The van der Waals surface area contributed by atoms with Gasteiger partial charge in [-0.3, -0.25) is 0 Å². The van der Waals surface area contributed by atoms with Gasteiger partial charge in [-0.15, -0.1) is 11.3 Å². The number of hydrogen-bond donors (Lipinski definition) is 1. The zero-order valence-corrected chi connectivity index (χ0v) is 12.8. The molecule has 0 amide bonds. The highest BCUT2D eigenvalue weighted by atomic mass is 32.1. The van der Waals surface area contributed by atoms with Crippen LogP contribution in [-0.4, -0.2) is 23.8 Å². The first-order valence-electron chi connectivity index (χ1n) is 6.64. The Labute approximate surface area is 123 Å². The van der Waals surface area contributed by atoms with E-state index in [1.807, 2.05) is 25.1 Å². The first-order chi connectivity index (χ1) is 9.73. The molecule has 5 heteroatoms. The highest BCUT2D eigenvalue weighted by Crippen LogP contribution is 2.35. The Morgan fingerprint density at radius 1 is 1.25 bits per heavy atom. The van der Waals surface area contributed by atoms with E-state index in [9.17, 15) is 5.11 Å². The molecule has 0 fully saturated rings. The van der Waals surface area contributed by atoms with Crippen molar-refractivity contribution in [2.24, 2.45) is 0 Å². The summed E-state index contributed by atoms with van der Waals surface area (Å²) < 4.78 is 10.9. The summed E-state index contributed by atoms with van der Waals surface area (Å²) in [7, 11) is 1.62. The molecule has 4 nitrogen and oxygen atoms in total. The van der Waals surface area contributed by atoms with Gasteiger partial charge in [-0.1, -0.05) is 6.92 Å². The molecule has 0 aliphatic heterocycles. The Morgan fingerprint density at radius 3 is 2.60 bits per heavy atom. The molecule has 1 N–H and O–H groups in total. The molecule has 0 spiro atoms. The fraction of sp³-hybridized carbons (Fsp3) is 0.400. The third kappa shape index (κ3) is 2.94. The summed E-state index contributed by atoms with van der Waals surface area (Å²) in [4.78, 5) is 5.62. The minimum Gasteiger partial charge on any atom is -0.493 e. The maximum Gasteiger partial charge on any atom is 0.161 e. The van der Waals surface area contributed by atoms with Gasteiger partial charge in [-0.2, -0.15) is 0 Å². The average Bonchev–Trinajstić information content (AvgIpc) is 2.91. The molecule has 2 aromatic rings. The summed E-state index contributed by atoms with van der Waals surface area (Å²) in [6, 6.07) is 5.77. The third-order valence-corrected chi connectivity index (χ3v) is 4.25. The standard InChI is InChI=1S/C15H19NO3S/c1-4-14-11(9-17)16-15(20-14)10-6-7-12(18-3)13(8-10)19-5-2/h6-8,17H,4-5,9H2,1-3H3. The summed E-state index contributed by atoms with van der Waals surface area (Å²) in [6.07, 6.45) is 0.877. The van der Waals surface area contributed by atoms with E-state index in [0.29, 0.717) is 18.1 Å². The average molecular weight is 293 g/mol. The number of benzene rings is 1. The summed E-state index contributed by atoms with van der Waals surface area (Å²) in [6.45, 7) is 4.57. The van der Waals surface area contributed by atoms with Crippen LogP contribution < -0.4 is 9.47 Å². The van der Waals surface area contributed by atoms with Crippen LogP contribution in [0.1, 0.15) is 24.4 Å². The first-order valence-corrected chi connectivity index (χ1v) is 7.45. The van der Waals surface area contributed by atoms with E-state index in [-0.39, 0.29) is 6.61 Å². The first kappa shape index (κ1) is 14.8. The van der Waals surface area contributed by atoms with Crippen LogP contribution in [0.25, 0.3) is 10.6 Å². The van der Waals surface area contributed by atoms with Crippen LogP contribution in [0.15, 0.2) is 18.2 Å². The lowest BCUT2D eigenvalue weighted by Gasteiger charge is -2.10. The molecule has 2 rings (SSSR count). The molecule has 0 aliphatic carbocycles. The fourth-order valence-electron chi connectivity index (χ4n) is 1.98. The molecule has 20 heavy (non-hydrogen) atoms. The maximum absolute atomic E-state index is 9.33. The number of aromatic nitrogens is 1. The summed E-state index contributed by atoms with van der Waals surface area (Å²) in [5.74, 6) is 1.43. The molecule has 0 saturated heterocycles. The van der Waals surface area contributed by atoms with E-state index in [1.54, 1.807) is 18.4 Å². The number of ether oxygens (including phenoxy) is 2. The molecule has 0 bridgehead atoms. The predicted molar refractivity (Wildman–Crippen MR) is 80.6 cm³/mol. The number of thiazole rings is 1. The van der Waals surface area contributed by atoms with Crippen LogP contribution in [0.3, 0.4) is 0 Å².